The molecule has 1 aliphatic rings. The second-order valence-electron chi connectivity index (χ2n) is 10.1. The van der Waals surface area contributed by atoms with Crippen molar-refractivity contribution in [3.05, 3.63) is 118 Å². The number of hydrogen-bond donors (Lipinski definition) is 3. The summed E-state index contributed by atoms with van der Waals surface area (Å²) < 4.78 is 0. The summed E-state index contributed by atoms with van der Waals surface area (Å²) in [4.78, 5) is 54.3. The van der Waals surface area contributed by atoms with Crippen LogP contribution in [-0.4, -0.2) is 40.8 Å². The highest BCUT2D eigenvalue weighted by Crippen LogP contribution is 2.37. The summed E-state index contributed by atoms with van der Waals surface area (Å²) in [5, 5.41) is 18.7. The van der Waals surface area contributed by atoms with Crippen molar-refractivity contribution in [3.63, 3.8) is 0 Å². The summed E-state index contributed by atoms with van der Waals surface area (Å²) in [6.45, 7) is 2.51. The average molecular weight is 636 g/mol. The molecule has 0 fully saturated rings. The van der Waals surface area contributed by atoms with E-state index in [1.54, 1.807) is 59.5 Å². The molecule has 5 rings (SSSR count). The smallest absolute Gasteiger partial charge is 0.272 e. The van der Waals surface area contributed by atoms with Crippen LogP contribution in [-0.2, 0) is 27.3 Å². The van der Waals surface area contributed by atoms with Crippen LogP contribution in [0.2, 0.25) is 0 Å². The number of thiophene rings is 1. The molecular weight excluding hydrogens is 607 g/mol. The molecule has 0 radical (unpaired) electrons. The number of nitriles is 1. The lowest BCUT2D eigenvalue weighted by molar-refractivity contribution is -0.129. The van der Waals surface area contributed by atoms with Gasteiger partial charge in [0.15, 0.2) is 0 Å². The summed E-state index contributed by atoms with van der Waals surface area (Å²) >= 11 is 2.61. The van der Waals surface area contributed by atoms with E-state index < -0.39 is 11.8 Å². The lowest BCUT2D eigenvalue weighted by Crippen LogP contribution is -2.33. The van der Waals surface area contributed by atoms with Gasteiger partial charge in [-0.25, -0.2) is 0 Å². The maximum atomic E-state index is 13.4. The SMILES string of the molecule is CC(=O)N1CCc2c(sc(NC(=O)CSc3cccc(NC(=O)/C(=C/c4ccccc4)NC(=O)c4ccccc4)c3)c2C#N)C1. The van der Waals surface area contributed by atoms with E-state index >= 15 is 0 Å². The van der Waals surface area contributed by atoms with Crippen molar-refractivity contribution in [3.8, 4) is 6.07 Å². The molecule has 45 heavy (non-hydrogen) atoms. The number of benzene rings is 3. The van der Waals surface area contributed by atoms with Crippen molar-refractivity contribution >= 4 is 63.5 Å². The van der Waals surface area contributed by atoms with Crippen LogP contribution in [0.15, 0.2) is 95.5 Å². The van der Waals surface area contributed by atoms with Crippen molar-refractivity contribution < 1.29 is 19.2 Å². The van der Waals surface area contributed by atoms with Crippen molar-refractivity contribution in [1.82, 2.24) is 10.2 Å². The maximum Gasteiger partial charge on any atom is 0.272 e. The molecule has 0 unspecified atom stereocenters. The van der Waals surface area contributed by atoms with Crippen molar-refractivity contribution in [1.29, 1.82) is 5.26 Å². The first-order chi connectivity index (χ1) is 21.8. The van der Waals surface area contributed by atoms with E-state index in [2.05, 4.69) is 22.0 Å². The summed E-state index contributed by atoms with van der Waals surface area (Å²) in [5.74, 6) is -1.13. The van der Waals surface area contributed by atoms with Gasteiger partial charge in [0.05, 0.1) is 17.9 Å². The van der Waals surface area contributed by atoms with Gasteiger partial charge in [-0.15, -0.1) is 23.1 Å². The molecule has 4 aromatic rings. The Morgan fingerprint density at radius 2 is 1.71 bits per heavy atom. The third-order valence-corrected chi connectivity index (χ3v) is 9.09. The van der Waals surface area contributed by atoms with Crippen molar-refractivity contribution in [2.24, 2.45) is 0 Å². The molecule has 0 aliphatic carbocycles. The Bertz CT molecular complexity index is 1810. The number of thioether (sulfide) groups is 1. The lowest BCUT2D eigenvalue weighted by Gasteiger charge is -2.25. The fourth-order valence-electron chi connectivity index (χ4n) is 4.71. The first-order valence-electron chi connectivity index (χ1n) is 14.1. The Hall–Kier alpha value is -5.18. The number of carbonyl (C=O) groups is 4. The molecule has 4 amide bonds. The molecule has 0 atom stereocenters. The zero-order valence-corrected chi connectivity index (χ0v) is 26.0. The quantitative estimate of drug-likeness (QED) is 0.161. The molecule has 3 N–H and O–H groups in total. The molecule has 0 saturated heterocycles. The Balaban J connectivity index is 1.23. The molecule has 9 nitrogen and oxygen atoms in total. The molecule has 0 bridgehead atoms. The minimum absolute atomic E-state index is 0.0201. The number of hydrogen-bond acceptors (Lipinski definition) is 7. The van der Waals surface area contributed by atoms with E-state index in [9.17, 15) is 24.4 Å². The number of nitrogens with one attached hydrogen (secondary N) is 3. The number of carbonyl (C=O) groups excluding carboxylic acids is 4. The Morgan fingerprint density at radius 1 is 0.978 bits per heavy atom. The van der Waals surface area contributed by atoms with Gasteiger partial charge in [-0.05, 0) is 54.0 Å². The van der Waals surface area contributed by atoms with Crippen LogP contribution in [0.3, 0.4) is 0 Å². The van der Waals surface area contributed by atoms with Gasteiger partial charge in [-0.3, -0.25) is 19.2 Å². The normalized spacial score (nSPS) is 12.4. The van der Waals surface area contributed by atoms with E-state index in [-0.39, 0.29) is 23.3 Å². The molecular formula is C34H29N5O4S2. The van der Waals surface area contributed by atoms with Crippen molar-refractivity contribution in [2.45, 2.75) is 24.8 Å². The maximum absolute atomic E-state index is 13.4. The first kappa shape index (κ1) is 31.3. The van der Waals surface area contributed by atoms with Crippen LogP contribution >= 0.6 is 23.1 Å². The Labute approximate surface area is 268 Å². The molecule has 0 saturated carbocycles. The topological polar surface area (TPSA) is 131 Å². The van der Waals surface area contributed by atoms with Gasteiger partial charge in [0.25, 0.3) is 11.8 Å². The van der Waals surface area contributed by atoms with Gasteiger partial charge in [0, 0.05) is 34.5 Å². The number of nitrogens with zero attached hydrogens (tertiary/aromatic N) is 2. The van der Waals surface area contributed by atoms with Gasteiger partial charge in [-0.1, -0.05) is 54.6 Å². The number of fused-ring (bicyclic) bond motifs is 1. The molecule has 11 heteroatoms. The number of rotatable bonds is 9. The monoisotopic (exact) mass is 635 g/mol. The number of amides is 4. The highest BCUT2D eigenvalue weighted by atomic mass is 32.2. The van der Waals surface area contributed by atoms with E-state index in [0.29, 0.717) is 41.3 Å². The van der Waals surface area contributed by atoms with Crippen LogP contribution in [0.5, 0.6) is 0 Å². The third-order valence-electron chi connectivity index (χ3n) is 6.97. The molecule has 226 valence electrons. The summed E-state index contributed by atoms with van der Waals surface area (Å²) in [6, 6.07) is 27.1. The van der Waals surface area contributed by atoms with Crippen LogP contribution in [0.25, 0.3) is 6.08 Å². The fraction of sp³-hybridized carbons (Fsp3) is 0.147. The van der Waals surface area contributed by atoms with Gasteiger partial charge >= 0.3 is 0 Å². The zero-order chi connectivity index (χ0) is 31.8. The summed E-state index contributed by atoms with van der Waals surface area (Å²) in [7, 11) is 0. The molecule has 1 aliphatic heterocycles. The van der Waals surface area contributed by atoms with Crippen LogP contribution in [0, 0.1) is 11.3 Å². The zero-order valence-electron chi connectivity index (χ0n) is 24.3. The largest absolute Gasteiger partial charge is 0.337 e. The third kappa shape index (κ3) is 8.06. The highest BCUT2D eigenvalue weighted by molar-refractivity contribution is 8.00. The van der Waals surface area contributed by atoms with Crippen molar-refractivity contribution in [2.75, 3.05) is 22.9 Å². The van der Waals surface area contributed by atoms with Crippen LogP contribution < -0.4 is 16.0 Å². The average Bonchev–Trinajstić information content (AvgIpc) is 3.40. The van der Waals surface area contributed by atoms with Gasteiger partial charge in [0.2, 0.25) is 11.8 Å². The standard InChI is InChI=1S/C34H29N5O4S2/c1-22(40)39-16-15-27-28(19-35)34(45-30(27)20-39)38-31(41)21-44-26-14-8-13-25(18-26)36-33(43)29(17-23-9-4-2-5-10-23)37-32(42)24-11-6-3-7-12-24/h2-14,17-18H,15-16,20-21H2,1H3,(H,36,43)(H,37,42)(H,38,41)/b29-17-. The molecule has 3 aromatic carbocycles. The van der Waals surface area contributed by atoms with Gasteiger partial charge in [0.1, 0.15) is 16.8 Å². The van der Waals surface area contributed by atoms with E-state index in [1.807, 2.05) is 36.4 Å². The summed E-state index contributed by atoms with van der Waals surface area (Å²) in [5.41, 5.74) is 3.08. The predicted octanol–water partition coefficient (Wildman–Crippen LogP) is 5.66. The highest BCUT2D eigenvalue weighted by Gasteiger charge is 2.26. The molecule has 2 heterocycles. The fourth-order valence-corrected chi connectivity index (χ4v) is 6.70. The second-order valence-corrected chi connectivity index (χ2v) is 12.3. The minimum Gasteiger partial charge on any atom is -0.337 e. The molecule has 1 aromatic heterocycles. The van der Waals surface area contributed by atoms with E-state index in [4.69, 9.17) is 0 Å². The van der Waals surface area contributed by atoms with Crippen LogP contribution in [0.1, 0.15) is 38.8 Å². The van der Waals surface area contributed by atoms with E-state index in [1.165, 1.54) is 30.0 Å². The number of anilines is 2. The van der Waals surface area contributed by atoms with Gasteiger partial charge in [-0.2, -0.15) is 5.26 Å². The first-order valence-corrected chi connectivity index (χ1v) is 15.9. The second kappa shape index (κ2) is 14.5. The van der Waals surface area contributed by atoms with Crippen LogP contribution in [0.4, 0.5) is 10.7 Å². The molecule has 0 spiro atoms. The van der Waals surface area contributed by atoms with Gasteiger partial charge < -0.3 is 20.9 Å². The lowest BCUT2D eigenvalue weighted by atomic mass is 10.0. The predicted molar refractivity (Wildman–Crippen MR) is 177 cm³/mol. The minimum atomic E-state index is -0.503. The van der Waals surface area contributed by atoms with E-state index in [0.717, 1.165) is 20.9 Å². The Kier molecular flexibility index (Phi) is 10.1. The Morgan fingerprint density at radius 3 is 2.42 bits per heavy atom. The summed E-state index contributed by atoms with van der Waals surface area (Å²) in [6.07, 6.45) is 2.18.